The molecule has 1 radical (unpaired) electrons. The molecule has 2 aromatic rings. The van der Waals surface area contributed by atoms with Crippen molar-refractivity contribution in [3.63, 3.8) is 0 Å². The van der Waals surface area contributed by atoms with Crippen molar-refractivity contribution in [3.05, 3.63) is 60.2 Å². The van der Waals surface area contributed by atoms with Gasteiger partial charge in [-0.25, -0.2) is 0 Å². The number of carboxylic acid groups (broad SMARTS) is 2. The summed E-state index contributed by atoms with van der Waals surface area (Å²) in [6.07, 6.45) is 2.82. The Morgan fingerprint density at radius 2 is 1.10 bits per heavy atom. The number of pyridine rings is 2. The molecule has 0 unspecified atom stereocenters. The second-order valence-corrected chi connectivity index (χ2v) is 3.00. The van der Waals surface area contributed by atoms with Gasteiger partial charge in [-0.15, -0.1) is 0 Å². The minimum absolute atomic E-state index is 0. The molecular formula is C12H14MnN2O6+2. The number of hydrogen-bond donors (Lipinski definition) is 0. The molecule has 0 amide bonds. The SMILES string of the molecule is O=C([O-])c1ccccn1.O=C([O-])c1ccccn1.[Mn+2].[OH3+].[OH3+]. The number of carboxylic acids is 2. The Morgan fingerprint density at radius 3 is 1.24 bits per heavy atom. The Morgan fingerprint density at radius 1 is 0.762 bits per heavy atom. The van der Waals surface area contributed by atoms with Gasteiger partial charge in [0.15, 0.2) is 0 Å². The zero-order chi connectivity index (χ0) is 13.4. The van der Waals surface area contributed by atoms with Crippen LogP contribution in [0.2, 0.25) is 0 Å². The maximum atomic E-state index is 10.0. The Bertz CT molecular complexity index is 474. The molecule has 113 valence electrons. The molecule has 0 fully saturated rings. The average molecular weight is 337 g/mol. The van der Waals surface area contributed by atoms with E-state index in [4.69, 9.17) is 0 Å². The van der Waals surface area contributed by atoms with Gasteiger partial charge in [-0.05, 0) is 24.3 Å². The van der Waals surface area contributed by atoms with Crippen molar-refractivity contribution in [2.45, 2.75) is 0 Å². The monoisotopic (exact) mass is 337 g/mol. The van der Waals surface area contributed by atoms with Gasteiger partial charge < -0.3 is 30.8 Å². The fourth-order valence-electron chi connectivity index (χ4n) is 0.967. The summed E-state index contributed by atoms with van der Waals surface area (Å²) in [5.41, 5.74) is -0.0602. The van der Waals surface area contributed by atoms with E-state index in [0.29, 0.717) is 0 Å². The average Bonchev–Trinajstić information content (AvgIpc) is 2.41. The topological polar surface area (TPSA) is 172 Å². The van der Waals surface area contributed by atoms with Crippen LogP contribution in [-0.4, -0.2) is 21.9 Å². The van der Waals surface area contributed by atoms with Crippen LogP contribution in [0.3, 0.4) is 0 Å². The molecule has 2 rings (SSSR count). The van der Waals surface area contributed by atoms with E-state index in [1.807, 2.05) is 0 Å². The van der Waals surface area contributed by atoms with Crippen LogP contribution in [0.1, 0.15) is 21.0 Å². The molecule has 0 atom stereocenters. The van der Waals surface area contributed by atoms with Crippen molar-refractivity contribution in [3.8, 4) is 0 Å². The number of nitrogens with zero attached hydrogens (tertiary/aromatic N) is 2. The van der Waals surface area contributed by atoms with Crippen molar-refractivity contribution in [1.82, 2.24) is 9.97 Å². The third-order valence-electron chi connectivity index (χ3n) is 1.75. The largest absolute Gasteiger partial charge is 2.00 e. The molecule has 6 N–H and O–H groups in total. The van der Waals surface area contributed by atoms with E-state index in [2.05, 4.69) is 9.97 Å². The Balaban J connectivity index is -0.000000270. The Labute approximate surface area is 130 Å². The predicted octanol–water partition coefficient (Wildman–Crippen LogP) is -2.96. The summed E-state index contributed by atoms with van der Waals surface area (Å²) in [6, 6.07) is 9.25. The first kappa shape index (κ1) is 23.7. The maximum Gasteiger partial charge on any atom is 2.00 e. The molecule has 0 bridgehead atoms. The van der Waals surface area contributed by atoms with Crippen molar-refractivity contribution < 1.29 is 47.8 Å². The Kier molecular flexibility index (Phi) is 14.4. The molecule has 0 aromatic carbocycles. The second-order valence-electron chi connectivity index (χ2n) is 3.00. The van der Waals surface area contributed by atoms with Crippen molar-refractivity contribution >= 4 is 11.9 Å². The van der Waals surface area contributed by atoms with Gasteiger partial charge in [0, 0.05) is 12.4 Å². The minimum Gasteiger partial charge on any atom is -0.543 e. The van der Waals surface area contributed by atoms with Gasteiger partial charge in [-0.2, -0.15) is 0 Å². The van der Waals surface area contributed by atoms with E-state index < -0.39 is 11.9 Å². The first-order valence-electron chi connectivity index (χ1n) is 4.86. The molecule has 0 spiro atoms. The first-order chi connectivity index (χ1) is 8.61. The van der Waals surface area contributed by atoms with Crippen molar-refractivity contribution in [2.24, 2.45) is 0 Å². The van der Waals surface area contributed by atoms with Crippen LogP contribution in [-0.2, 0) is 28.0 Å². The van der Waals surface area contributed by atoms with E-state index in [1.165, 1.54) is 24.5 Å². The predicted molar refractivity (Wildman–Crippen MR) is 66.9 cm³/mol. The molecule has 9 heteroatoms. The van der Waals surface area contributed by atoms with Gasteiger partial charge in [-0.3, -0.25) is 9.97 Å². The zero-order valence-corrected chi connectivity index (χ0v) is 11.9. The minimum atomic E-state index is -1.24. The van der Waals surface area contributed by atoms with Crippen molar-refractivity contribution in [2.75, 3.05) is 0 Å². The molecule has 0 saturated heterocycles. The van der Waals surface area contributed by atoms with Crippen LogP contribution in [0, 0.1) is 0 Å². The summed E-state index contributed by atoms with van der Waals surface area (Å²) in [7, 11) is 0. The smallest absolute Gasteiger partial charge is 0.543 e. The maximum absolute atomic E-state index is 10.0. The molecule has 21 heavy (non-hydrogen) atoms. The van der Waals surface area contributed by atoms with Gasteiger partial charge in [0.05, 0.1) is 23.3 Å². The van der Waals surface area contributed by atoms with Crippen LogP contribution in [0.25, 0.3) is 0 Å². The fraction of sp³-hybridized carbons (Fsp3) is 0. The molecule has 2 heterocycles. The van der Waals surface area contributed by atoms with Crippen LogP contribution in [0.15, 0.2) is 48.8 Å². The van der Waals surface area contributed by atoms with Gasteiger partial charge >= 0.3 is 17.1 Å². The summed E-state index contributed by atoms with van der Waals surface area (Å²) < 4.78 is 0. The summed E-state index contributed by atoms with van der Waals surface area (Å²) in [6.45, 7) is 0. The van der Waals surface area contributed by atoms with Crippen molar-refractivity contribution in [1.29, 1.82) is 0 Å². The molecule has 2 aromatic heterocycles. The van der Waals surface area contributed by atoms with Gasteiger partial charge in [-0.1, -0.05) is 12.1 Å². The summed E-state index contributed by atoms with van der Waals surface area (Å²) in [4.78, 5) is 27.1. The number of hydrogen-bond acceptors (Lipinski definition) is 6. The number of aromatic carboxylic acids is 2. The Hall–Kier alpha value is -2.32. The molecule has 0 aliphatic heterocycles. The molecule has 8 nitrogen and oxygen atoms in total. The number of carbonyl (C=O) groups is 2. The fourth-order valence-corrected chi connectivity index (χ4v) is 0.967. The third-order valence-corrected chi connectivity index (χ3v) is 1.75. The second kappa shape index (κ2) is 12.7. The number of rotatable bonds is 2. The zero-order valence-electron chi connectivity index (χ0n) is 10.7. The summed E-state index contributed by atoms with van der Waals surface area (Å²) in [5.74, 6) is -2.48. The third kappa shape index (κ3) is 9.25. The van der Waals surface area contributed by atoms with E-state index in [1.54, 1.807) is 24.3 Å². The first-order valence-corrected chi connectivity index (χ1v) is 4.86. The van der Waals surface area contributed by atoms with E-state index in [0.717, 1.165) is 0 Å². The van der Waals surface area contributed by atoms with Gasteiger partial charge in [0.25, 0.3) is 0 Å². The normalized spacial score (nSPS) is 7.62. The quantitative estimate of drug-likeness (QED) is 0.418. The van der Waals surface area contributed by atoms with Crippen LogP contribution >= 0.6 is 0 Å². The van der Waals surface area contributed by atoms with Crippen LogP contribution in [0.5, 0.6) is 0 Å². The summed E-state index contributed by atoms with van der Waals surface area (Å²) >= 11 is 0. The van der Waals surface area contributed by atoms with E-state index >= 15 is 0 Å². The number of carbonyl (C=O) groups excluding carboxylic acids is 2. The molecule has 0 aliphatic carbocycles. The summed E-state index contributed by atoms with van der Waals surface area (Å²) in [5, 5.41) is 20.1. The van der Waals surface area contributed by atoms with E-state index in [9.17, 15) is 19.8 Å². The molecular weight excluding hydrogens is 323 g/mol. The van der Waals surface area contributed by atoms with Gasteiger partial charge in [0.2, 0.25) is 0 Å². The standard InChI is InChI=1S/2C6H5NO2.Mn.2H2O/c2*8-6(9)5-3-1-2-4-7-5;;;/h2*1-4H,(H,8,9);;2*1H2/q;;+2;;. The van der Waals surface area contributed by atoms with Crippen LogP contribution < -0.4 is 10.2 Å². The van der Waals surface area contributed by atoms with E-state index in [-0.39, 0.29) is 39.4 Å². The number of aromatic nitrogens is 2. The molecule has 0 aliphatic rings. The molecule has 0 saturated carbocycles. The van der Waals surface area contributed by atoms with Crippen LogP contribution in [0.4, 0.5) is 0 Å². The van der Waals surface area contributed by atoms with Gasteiger partial charge in [0.1, 0.15) is 0 Å².